The van der Waals surface area contributed by atoms with E-state index in [1.54, 1.807) is 6.92 Å². The van der Waals surface area contributed by atoms with Crippen molar-refractivity contribution in [2.24, 2.45) is 0 Å². The number of hydrogen-bond donors (Lipinski definition) is 1. The normalized spacial score (nSPS) is 12.0. The molecule has 0 aliphatic heterocycles. The summed E-state index contributed by atoms with van der Waals surface area (Å²) in [5.41, 5.74) is 5.96. The van der Waals surface area contributed by atoms with Gasteiger partial charge >= 0.3 is 0 Å². The third-order valence-electron chi connectivity index (χ3n) is 2.90. The second kappa shape index (κ2) is 6.66. The van der Waals surface area contributed by atoms with Crippen molar-refractivity contribution >= 4 is 54.6 Å². The maximum absolute atomic E-state index is 12.7. The topological polar surface area (TPSA) is 63.4 Å². The van der Waals surface area contributed by atoms with E-state index >= 15 is 0 Å². The van der Waals surface area contributed by atoms with E-state index in [1.807, 2.05) is 12.1 Å². The van der Waals surface area contributed by atoms with E-state index in [0.717, 1.165) is 8.66 Å². The molecule has 8 heteroatoms. The highest BCUT2D eigenvalue weighted by Gasteiger charge is 2.25. The molecule has 21 heavy (non-hydrogen) atoms. The number of hydrogen-bond acceptors (Lipinski definition) is 4. The van der Waals surface area contributed by atoms with Crippen LogP contribution in [0.2, 0.25) is 5.02 Å². The average Bonchev–Trinajstić information content (AvgIpc) is 2.80. The lowest BCUT2D eigenvalue weighted by Crippen LogP contribution is -2.30. The summed E-state index contributed by atoms with van der Waals surface area (Å²) >= 11 is 10.7. The molecule has 2 aromatic rings. The van der Waals surface area contributed by atoms with Crippen LogP contribution < -0.4 is 5.73 Å². The van der Waals surface area contributed by atoms with Crippen LogP contribution in [0, 0.1) is 0 Å². The smallest absolute Gasteiger partial charge is 0.245 e. The van der Waals surface area contributed by atoms with Crippen LogP contribution in [-0.2, 0) is 16.6 Å². The van der Waals surface area contributed by atoms with E-state index in [-0.39, 0.29) is 10.6 Å². The minimum absolute atomic E-state index is 0.0874. The number of halogens is 2. The third-order valence-corrected chi connectivity index (χ3v) is 6.74. The van der Waals surface area contributed by atoms with Crippen LogP contribution in [0.1, 0.15) is 11.8 Å². The van der Waals surface area contributed by atoms with Crippen molar-refractivity contribution in [3.63, 3.8) is 0 Å². The Labute approximate surface area is 141 Å². The molecule has 0 saturated carbocycles. The van der Waals surface area contributed by atoms with Gasteiger partial charge in [-0.3, -0.25) is 0 Å². The van der Waals surface area contributed by atoms with Gasteiger partial charge in [0.05, 0.1) is 9.47 Å². The second-order valence-corrected chi connectivity index (χ2v) is 9.21. The molecule has 0 aliphatic rings. The van der Waals surface area contributed by atoms with Crippen molar-refractivity contribution < 1.29 is 8.42 Å². The molecular weight excluding hydrogens is 396 g/mol. The summed E-state index contributed by atoms with van der Waals surface area (Å²) in [4.78, 5) is 1.05. The van der Waals surface area contributed by atoms with Gasteiger partial charge in [0.25, 0.3) is 0 Å². The average molecular weight is 410 g/mol. The number of anilines is 1. The summed E-state index contributed by atoms with van der Waals surface area (Å²) in [6.45, 7) is 2.48. The molecule has 0 fully saturated rings. The Morgan fingerprint density at radius 2 is 2.05 bits per heavy atom. The first-order chi connectivity index (χ1) is 9.84. The Morgan fingerprint density at radius 1 is 1.33 bits per heavy atom. The van der Waals surface area contributed by atoms with Gasteiger partial charge in [-0.25, -0.2) is 8.42 Å². The van der Waals surface area contributed by atoms with Gasteiger partial charge in [0.15, 0.2) is 0 Å². The van der Waals surface area contributed by atoms with E-state index in [0.29, 0.717) is 18.1 Å². The first-order valence-electron chi connectivity index (χ1n) is 6.14. The number of benzene rings is 1. The van der Waals surface area contributed by atoms with Crippen molar-refractivity contribution in [2.45, 2.75) is 18.4 Å². The van der Waals surface area contributed by atoms with E-state index in [9.17, 15) is 8.42 Å². The fraction of sp³-hybridized carbons (Fsp3) is 0.231. The summed E-state index contributed by atoms with van der Waals surface area (Å²) in [5, 5.41) is 0.414. The van der Waals surface area contributed by atoms with E-state index < -0.39 is 10.0 Å². The molecule has 4 nitrogen and oxygen atoms in total. The Kier molecular flexibility index (Phi) is 5.32. The molecule has 0 amide bonds. The zero-order valence-corrected chi connectivity index (χ0v) is 15.2. The summed E-state index contributed by atoms with van der Waals surface area (Å²) < 4.78 is 27.8. The van der Waals surface area contributed by atoms with Crippen molar-refractivity contribution in [1.29, 1.82) is 0 Å². The van der Waals surface area contributed by atoms with Crippen LogP contribution in [0.25, 0.3) is 0 Å². The molecule has 1 heterocycles. The lowest BCUT2D eigenvalue weighted by atomic mass is 10.3. The Hall–Kier alpha value is -0.600. The largest absolute Gasteiger partial charge is 0.398 e. The van der Waals surface area contributed by atoms with Crippen molar-refractivity contribution in [2.75, 3.05) is 12.3 Å². The molecule has 0 unspecified atom stereocenters. The van der Waals surface area contributed by atoms with Crippen molar-refractivity contribution in [3.05, 3.63) is 44.0 Å². The molecule has 0 bridgehead atoms. The van der Waals surface area contributed by atoms with Crippen LogP contribution in [0.3, 0.4) is 0 Å². The SMILES string of the molecule is CCN(Cc1ccc(Br)s1)S(=O)(=O)c1ccc(Cl)cc1N. The third kappa shape index (κ3) is 3.78. The van der Waals surface area contributed by atoms with Gasteiger partial charge in [0.1, 0.15) is 4.90 Å². The Balaban J connectivity index is 2.35. The van der Waals surface area contributed by atoms with Crippen LogP contribution in [0.15, 0.2) is 39.0 Å². The fourth-order valence-electron chi connectivity index (χ4n) is 1.87. The number of thiophene rings is 1. The lowest BCUT2D eigenvalue weighted by Gasteiger charge is -2.20. The van der Waals surface area contributed by atoms with E-state index in [2.05, 4.69) is 15.9 Å². The summed E-state index contributed by atoms with van der Waals surface area (Å²) in [6, 6.07) is 8.22. The highest BCUT2D eigenvalue weighted by molar-refractivity contribution is 9.11. The number of nitrogens with two attached hydrogens (primary N) is 1. The molecule has 2 N–H and O–H groups in total. The molecule has 0 saturated heterocycles. The minimum Gasteiger partial charge on any atom is -0.398 e. The molecule has 0 spiro atoms. The predicted molar refractivity (Wildman–Crippen MR) is 91.2 cm³/mol. The fourth-order valence-corrected chi connectivity index (χ4v) is 5.16. The van der Waals surface area contributed by atoms with Gasteiger partial charge in [0.2, 0.25) is 10.0 Å². The van der Waals surface area contributed by atoms with Gasteiger partial charge < -0.3 is 5.73 Å². The number of nitrogens with zero attached hydrogens (tertiary/aromatic N) is 1. The quantitative estimate of drug-likeness (QED) is 0.760. The van der Waals surface area contributed by atoms with Gasteiger partial charge in [0, 0.05) is 23.0 Å². The molecule has 0 radical (unpaired) electrons. The molecule has 1 aromatic heterocycles. The molecule has 1 aromatic carbocycles. The van der Waals surface area contributed by atoms with E-state index in [1.165, 1.54) is 33.8 Å². The summed E-state index contributed by atoms with van der Waals surface area (Å²) in [5.74, 6) is 0. The van der Waals surface area contributed by atoms with Crippen molar-refractivity contribution in [1.82, 2.24) is 4.31 Å². The first kappa shape index (κ1) is 16.8. The minimum atomic E-state index is -3.65. The second-order valence-electron chi connectivity index (χ2n) is 4.32. The number of rotatable bonds is 5. The first-order valence-corrected chi connectivity index (χ1v) is 9.56. The number of sulfonamides is 1. The van der Waals surface area contributed by atoms with Gasteiger partial charge in [-0.2, -0.15) is 4.31 Å². The zero-order valence-electron chi connectivity index (χ0n) is 11.2. The molecule has 0 aliphatic carbocycles. The lowest BCUT2D eigenvalue weighted by molar-refractivity contribution is 0.426. The molecular formula is C13H14BrClN2O2S2. The van der Waals surface area contributed by atoms with Crippen LogP contribution in [0.4, 0.5) is 5.69 Å². The Morgan fingerprint density at radius 3 is 2.57 bits per heavy atom. The summed E-state index contributed by atoms with van der Waals surface area (Å²) in [6.07, 6.45) is 0. The Bertz CT molecular complexity index is 746. The van der Waals surface area contributed by atoms with Gasteiger partial charge in [-0.1, -0.05) is 18.5 Å². The van der Waals surface area contributed by atoms with Crippen LogP contribution in [-0.4, -0.2) is 19.3 Å². The van der Waals surface area contributed by atoms with E-state index in [4.69, 9.17) is 17.3 Å². The highest BCUT2D eigenvalue weighted by Crippen LogP contribution is 2.28. The molecule has 0 atom stereocenters. The maximum Gasteiger partial charge on any atom is 0.245 e. The maximum atomic E-state index is 12.7. The molecule has 2 rings (SSSR count). The monoisotopic (exact) mass is 408 g/mol. The summed E-state index contributed by atoms with van der Waals surface area (Å²) in [7, 11) is -3.65. The highest BCUT2D eigenvalue weighted by atomic mass is 79.9. The van der Waals surface area contributed by atoms with Crippen LogP contribution >= 0.6 is 38.9 Å². The van der Waals surface area contributed by atoms with Gasteiger partial charge in [-0.05, 0) is 46.3 Å². The van der Waals surface area contributed by atoms with Crippen molar-refractivity contribution in [3.8, 4) is 0 Å². The molecule has 114 valence electrons. The van der Waals surface area contributed by atoms with Crippen LogP contribution in [0.5, 0.6) is 0 Å². The number of nitrogen functional groups attached to an aromatic ring is 1. The standard InChI is InChI=1S/C13H14BrClN2O2S2/c1-2-17(8-10-4-6-13(14)20-10)21(18,19)12-5-3-9(15)7-11(12)16/h3-7H,2,8,16H2,1H3. The van der Waals surface area contributed by atoms with Gasteiger partial charge in [-0.15, -0.1) is 11.3 Å². The predicted octanol–water partition coefficient (Wildman–Crippen LogP) is 3.96. The zero-order chi connectivity index (χ0) is 15.6.